The number of methoxy groups -OCH3 is 1. The summed E-state index contributed by atoms with van der Waals surface area (Å²) < 4.78 is 32.4. The molecule has 0 radical (unpaired) electrons. The van der Waals surface area contributed by atoms with Crippen LogP contribution in [0.1, 0.15) is 21.6 Å². The number of rotatable bonds is 10. The molecule has 1 heterocycles. The summed E-state index contributed by atoms with van der Waals surface area (Å²) in [5.74, 6) is 1.31. The van der Waals surface area contributed by atoms with Gasteiger partial charge in [0.25, 0.3) is 5.91 Å². The summed E-state index contributed by atoms with van der Waals surface area (Å²) in [6.45, 7) is 0.553. The third-order valence-electron chi connectivity index (χ3n) is 5.93. The highest BCUT2D eigenvalue weighted by atomic mass is 32.2. The van der Waals surface area contributed by atoms with Gasteiger partial charge in [-0.25, -0.2) is 9.19 Å². The smallest absolute Gasteiger partial charge is 0.263 e. The van der Waals surface area contributed by atoms with Gasteiger partial charge in [0.15, 0.2) is 11.0 Å². The van der Waals surface area contributed by atoms with Crippen molar-refractivity contribution in [2.24, 2.45) is 0 Å². The third-order valence-corrected chi connectivity index (χ3v) is 7.01. The Bertz CT molecular complexity index is 1620. The quantitative estimate of drug-likeness (QED) is 0.240. The first-order valence-corrected chi connectivity index (χ1v) is 13.4. The van der Waals surface area contributed by atoms with Gasteiger partial charge < -0.3 is 14.2 Å². The second-order valence-corrected chi connectivity index (χ2v) is 9.80. The van der Waals surface area contributed by atoms with Crippen LogP contribution >= 0.6 is 0 Å². The van der Waals surface area contributed by atoms with E-state index in [1.807, 2.05) is 66.7 Å². The maximum Gasteiger partial charge on any atom is 0.263 e. The minimum absolute atomic E-state index is 0.219. The fourth-order valence-electron chi connectivity index (χ4n) is 3.91. The molecule has 0 aliphatic heterocycles. The van der Waals surface area contributed by atoms with Gasteiger partial charge in [-0.05, 0) is 48.5 Å². The van der Waals surface area contributed by atoms with Crippen LogP contribution in [0.3, 0.4) is 0 Å². The Balaban J connectivity index is 1.20. The van der Waals surface area contributed by atoms with E-state index in [-0.39, 0.29) is 6.61 Å². The first kappa shape index (κ1) is 25.9. The van der Waals surface area contributed by atoms with Gasteiger partial charge in [0.2, 0.25) is 0 Å². The number of hydrogen-bond donors (Lipinski definition) is 1. The van der Waals surface area contributed by atoms with Gasteiger partial charge in [-0.15, -0.1) is 0 Å². The van der Waals surface area contributed by atoms with Crippen LogP contribution in [0.25, 0.3) is 10.9 Å². The molecule has 1 N–H and O–H groups in total. The van der Waals surface area contributed by atoms with Crippen molar-refractivity contribution in [2.45, 2.75) is 18.1 Å². The molecule has 0 aliphatic rings. The van der Waals surface area contributed by atoms with Crippen molar-refractivity contribution in [1.82, 2.24) is 9.71 Å². The van der Waals surface area contributed by atoms with E-state index < -0.39 is 16.9 Å². The summed E-state index contributed by atoms with van der Waals surface area (Å²) in [6, 6.07) is 33.1. The lowest BCUT2D eigenvalue weighted by molar-refractivity contribution is 0.0982. The van der Waals surface area contributed by atoms with E-state index in [9.17, 15) is 9.00 Å². The van der Waals surface area contributed by atoms with Crippen LogP contribution in [-0.4, -0.2) is 22.2 Å². The molecule has 7 nitrogen and oxygen atoms in total. The summed E-state index contributed by atoms with van der Waals surface area (Å²) >= 11 is 0. The Hall–Kier alpha value is -4.69. The number of fused-ring (bicyclic) bond motifs is 1. The van der Waals surface area contributed by atoms with Crippen molar-refractivity contribution >= 4 is 27.8 Å². The highest BCUT2D eigenvalue weighted by molar-refractivity contribution is 7.83. The Kier molecular flexibility index (Phi) is 8.14. The van der Waals surface area contributed by atoms with E-state index in [0.717, 1.165) is 22.2 Å². The number of benzene rings is 4. The first-order valence-electron chi connectivity index (χ1n) is 12.2. The van der Waals surface area contributed by atoms with Crippen LogP contribution in [0.5, 0.6) is 17.2 Å². The van der Waals surface area contributed by atoms with Gasteiger partial charge >= 0.3 is 0 Å². The van der Waals surface area contributed by atoms with Crippen molar-refractivity contribution in [3.05, 3.63) is 126 Å². The topological polar surface area (TPSA) is 86.8 Å². The second kappa shape index (κ2) is 12.2. The molecule has 1 amide bonds. The van der Waals surface area contributed by atoms with Crippen molar-refractivity contribution in [3.8, 4) is 17.2 Å². The molecular formula is C31H26N2O5S. The molecule has 39 heavy (non-hydrogen) atoms. The van der Waals surface area contributed by atoms with Gasteiger partial charge in [-0.1, -0.05) is 54.6 Å². The predicted octanol–water partition coefficient (Wildman–Crippen LogP) is 5.85. The molecule has 0 spiro atoms. The van der Waals surface area contributed by atoms with Gasteiger partial charge in [-0.3, -0.25) is 9.52 Å². The number of para-hydroxylation sites is 1. The molecule has 1 atom stereocenters. The van der Waals surface area contributed by atoms with Crippen LogP contribution in [0.2, 0.25) is 0 Å². The number of aromatic nitrogens is 1. The van der Waals surface area contributed by atoms with Crippen LogP contribution < -0.4 is 18.9 Å². The largest absolute Gasteiger partial charge is 0.496 e. The lowest BCUT2D eigenvalue weighted by Gasteiger charge is -2.13. The zero-order chi connectivity index (χ0) is 27.0. The van der Waals surface area contributed by atoms with Gasteiger partial charge in [-0.2, -0.15) is 0 Å². The average Bonchev–Trinajstić information content (AvgIpc) is 2.99. The molecule has 0 fully saturated rings. The molecule has 1 aromatic heterocycles. The zero-order valence-electron chi connectivity index (χ0n) is 21.2. The maximum atomic E-state index is 12.6. The van der Waals surface area contributed by atoms with Crippen LogP contribution in [-0.2, 0) is 24.2 Å². The molecule has 196 valence electrons. The lowest BCUT2D eigenvalue weighted by atomic mass is 10.1. The Labute approximate surface area is 229 Å². The van der Waals surface area contributed by atoms with E-state index >= 15 is 0 Å². The predicted molar refractivity (Wildman–Crippen MR) is 150 cm³/mol. The Morgan fingerprint density at radius 2 is 1.54 bits per heavy atom. The van der Waals surface area contributed by atoms with E-state index in [1.165, 1.54) is 7.11 Å². The lowest BCUT2D eigenvalue weighted by Crippen LogP contribution is -2.25. The highest BCUT2D eigenvalue weighted by Crippen LogP contribution is 2.25. The number of nitrogens with one attached hydrogen (secondary N) is 1. The zero-order valence-corrected chi connectivity index (χ0v) is 22.0. The van der Waals surface area contributed by atoms with E-state index in [0.29, 0.717) is 34.3 Å². The molecule has 1 unspecified atom stereocenters. The summed E-state index contributed by atoms with van der Waals surface area (Å²) in [7, 11) is -0.134. The molecule has 8 heteroatoms. The average molecular weight is 539 g/mol. The SMILES string of the molecule is COc1cc(C(=O)NS(=O)c2ccccc2)ccc1COc1cccc(OCc2ccc3ccccc3n2)c1. The molecule has 0 saturated carbocycles. The molecule has 0 bridgehead atoms. The minimum atomic E-state index is -1.66. The standard InChI is InChI=1S/C31H26N2O5S/c1-36-30-18-23(31(34)33-39(35)28-11-3-2-4-12-28)14-15-24(30)20-37-26-9-7-10-27(19-26)38-21-25-17-16-22-8-5-6-13-29(22)32-25/h2-19H,20-21H2,1H3,(H,33,34). The van der Waals surface area contributed by atoms with E-state index in [2.05, 4.69) is 9.71 Å². The van der Waals surface area contributed by atoms with Crippen LogP contribution in [0.15, 0.2) is 114 Å². The number of carbonyl (C=O) groups excluding carboxylic acids is 1. The Morgan fingerprint density at radius 3 is 2.33 bits per heavy atom. The molecule has 0 aliphatic carbocycles. The molecule has 5 aromatic rings. The summed E-state index contributed by atoms with van der Waals surface area (Å²) in [5.41, 5.74) is 2.85. The second-order valence-electron chi connectivity index (χ2n) is 8.59. The van der Waals surface area contributed by atoms with Crippen LogP contribution in [0.4, 0.5) is 0 Å². The minimum Gasteiger partial charge on any atom is -0.496 e. The van der Waals surface area contributed by atoms with Crippen molar-refractivity contribution in [3.63, 3.8) is 0 Å². The molecular weight excluding hydrogens is 512 g/mol. The number of ether oxygens (including phenoxy) is 3. The Morgan fingerprint density at radius 1 is 0.795 bits per heavy atom. The summed E-state index contributed by atoms with van der Waals surface area (Å²) in [4.78, 5) is 17.8. The van der Waals surface area contributed by atoms with E-state index in [4.69, 9.17) is 14.2 Å². The van der Waals surface area contributed by atoms with Crippen molar-refractivity contribution < 1.29 is 23.2 Å². The van der Waals surface area contributed by atoms with Gasteiger partial charge in [0.05, 0.1) is 23.2 Å². The maximum absolute atomic E-state index is 12.6. The molecule has 5 rings (SSSR count). The fraction of sp³-hybridized carbons (Fsp3) is 0.0968. The number of pyridine rings is 1. The number of nitrogens with zero attached hydrogens (tertiary/aromatic N) is 1. The highest BCUT2D eigenvalue weighted by Gasteiger charge is 2.14. The molecule has 0 saturated heterocycles. The number of hydrogen-bond acceptors (Lipinski definition) is 6. The summed E-state index contributed by atoms with van der Waals surface area (Å²) in [5, 5.41) is 1.09. The first-order chi connectivity index (χ1) is 19.1. The van der Waals surface area contributed by atoms with E-state index in [1.54, 1.807) is 42.5 Å². The third kappa shape index (κ3) is 6.61. The van der Waals surface area contributed by atoms with Crippen LogP contribution in [0, 0.1) is 0 Å². The number of amides is 1. The van der Waals surface area contributed by atoms with Gasteiger partial charge in [0, 0.05) is 22.6 Å². The fourth-order valence-corrected chi connectivity index (χ4v) is 4.72. The number of carbonyl (C=O) groups is 1. The van der Waals surface area contributed by atoms with Crippen molar-refractivity contribution in [1.29, 1.82) is 0 Å². The summed E-state index contributed by atoms with van der Waals surface area (Å²) in [6.07, 6.45) is 0. The molecule has 4 aromatic carbocycles. The van der Waals surface area contributed by atoms with Crippen molar-refractivity contribution in [2.75, 3.05) is 7.11 Å². The monoisotopic (exact) mass is 538 g/mol. The van der Waals surface area contributed by atoms with Gasteiger partial charge in [0.1, 0.15) is 30.5 Å². The normalized spacial score (nSPS) is 11.5.